The molecular weight excluding hydrogens is 252 g/mol. The van der Waals surface area contributed by atoms with Crippen LogP contribution < -0.4 is 10.4 Å². The van der Waals surface area contributed by atoms with Crippen LogP contribution in [-0.4, -0.2) is 0 Å². The molecule has 2 aromatic carbocycles. The number of rotatable bonds is 0. The number of nitriles is 2. The van der Waals surface area contributed by atoms with Gasteiger partial charge in [-0.3, -0.25) is 0 Å². The summed E-state index contributed by atoms with van der Waals surface area (Å²) in [5.74, 6) is 0.392. The molecule has 0 spiro atoms. The average molecular weight is 260 g/mol. The van der Waals surface area contributed by atoms with Gasteiger partial charge in [-0.15, -0.1) is 0 Å². The van der Waals surface area contributed by atoms with E-state index in [0.717, 1.165) is 16.0 Å². The summed E-state index contributed by atoms with van der Waals surface area (Å²) in [5.41, 5.74) is 0.0872. The highest BCUT2D eigenvalue weighted by atomic mass is 16.7. The van der Waals surface area contributed by atoms with Crippen molar-refractivity contribution >= 4 is 22.3 Å². The van der Waals surface area contributed by atoms with Crippen molar-refractivity contribution in [1.29, 1.82) is 10.5 Å². The molecule has 0 bridgehead atoms. The van der Waals surface area contributed by atoms with Crippen LogP contribution in [0.3, 0.4) is 0 Å². The van der Waals surface area contributed by atoms with Crippen molar-refractivity contribution in [2.75, 3.05) is 0 Å². The lowest BCUT2D eigenvalue weighted by atomic mass is 10.0. The summed E-state index contributed by atoms with van der Waals surface area (Å²) in [6.07, 6.45) is 2.92. The molecule has 3 rings (SSSR count). The number of ether oxygens (including phenoxy) is 2. The minimum Gasteiger partial charge on any atom is -0.430 e. The zero-order valence-electron chi connectivity index (χ0n) is 10.3. The first-order valence-electron chi connectivity index (χ1n) is 5.90. The Kier molecular flexibility index (Phi) is 2.84. The molecular formula is C16H8N2O2. The van der Waals surface area contributed by atoms with Crippen LogP contribution in [0.4, 0.5) is 0 Å². The molecule has 1 aliphatic heterocycles. The van der Waals surface area contributed by atoms with Crippen molar-refractivity contribution in [1.82, 2.24) is 0 Å². The summed E-state index contributed by atoms with van der Waals surface area (Å²) in [4.78, 5) is 0. The molecule has 0 unspecified atom stereocenters. The Morgan fingerprint density at radius 1 is 0.850 bits per heavy atom. The minimum absolute atomic E-state index is 0.0872. The second kappa shape index (κ2) is 4.79. The molecule has 0 aliphatic carbocycles. The predicted octanol–water partition coefficient (Wildman–Crippen LogP) is 1.62. The maximum atomic E-state index is 9.05. The van der Waals surface area contributed by atoms with E-state index in [4.69, 9.17) is 20.0 Å². The van der Waals surface area contributed by atoms with Crippen LogP contribution in [0, 0.1) is 22.7 Å². The molecule has 1 heterocycles. The second-order valence-electron chi connectivity index (χ2n) is 4.10. The van der Waals surface area contributed by atoms with Crippen molar-refractivity contribution in [3.63, 3.8) is 0 Å². The maximum absolute atomic E-state index is 9.05. The van der Waals surface area contributed by atoms with E-state index in [1.807, 2.05) is 36.4 Å². The van der Waals surface area contributed by atoms with Gasteiger partial charge in [0.15, 0.2) is 0 Å². The topological polar surface area (TPSA) is 66.0 Å². The Morgan fingerprint density at radius 3 is 2.15 bits per heavy atom. The summed E-state index contributed by atoms with van der Waals surface area (Å²) in [7, 11) is 0. The Morgan fingerprint density at radius 2 is 1.50 bits per heavy atom. The summed E-state index contributed by atoms with van der Waals surface area (Å²) in [6, 6.07) is 14.9. The van der Waals surface area contributed by atoms with Gasteiger partial charge in [0.25, 0.3) is 5.95 Å². The van der Waals surface area contributed by atoms with Crippen molar-refractivity contribution < 1.29 is 9.47 Å². The Bertz CT molecular complexity index is 902. The standard InChI is InChI=1S/C16H8N2O2/c17-9-11(10-18)12-5-6-15(16-19-7-8-20-16)14-4-2-1-3-13(12)14/h1-8H. The summed E-state index contributed by atoms with van der Waals surface area (Å²) in [6.45, 7) is 0. The van der Waals surface area contributed by atoms with Crippen molar-refractivity contribution in [3.8, 4) is 12.1 Å². The highest BCUT2D eigenvalue weighted by Gasteiger charge is 2.09. The quantitative estimate of drug-likeness (QED) is 0.722. The molecule has 4 nitrogen and oxygen atoms in total. The fourth-order valence-corrected chi connectivity index (χ4v) is 2.17. The molecule has 1 aliphatic rings. The number of fused-ring (bicyclic) bond motifs is 1. The fourth-order valence-electron chi connectivity index (χ4n) is 2.17. The number of hydrogen-bond donors (Lipinski definition) is 0. The van der Waals surface area contributed by atoms with Crippen molar-refractivity contribution in [2.45, 2.75) is 0 Å². The van der Waals surface area contributed by atoms with E-state index in [9.17, 15) is 0 Å². The first-order valence-corrected chi connectivity index (χ1v) is 5.90. The Hall–Kier alpha value is -3.24. The summed E-state index contributed by atoms with van der Waals surface area (Å²) >= 11 is 0. The van der Waals surface area contributed by atoms with Gasteiger partial charge in [-0.05, 0) is 16.8 Å². The normalized spacial score (nSPS) is 12.4. The van der Waals surface area contributed by atoms with Gasteiger partial charge in [-0.2, -0.15) is 10.5 Å². The van der Waals surface area contributed by atoms with Gasteiger partial charge in [0.1, 0.15) is 30.2 Å². The van der Waals surface area contributed by atoms with Gasteiger partial charge < -0.3 is 9.47 Å². The lowest BCUT2D eigenvalue weighted by Crippen LogP contribution is -2.16. The van der Waals surface area contributed by atoms with E-state index >= 15 is 0 Å². The molecule has 0 amide bonds. The van der Waals surface area contributed by atoms with Gasteiger partial charge in [0.05, 0.1) is 5.22 Å². The number of hydrogen-bond acceptors (Lipinski definition) is 4. The number of nitrogens with zero attached hydrogens (tertiary/aromatic N) is 2. The van der Waals surface area contributed by atoms with Crippen LogP contribution in [0.5, 0.6) is 0 Å². The van der Waals surface area contributed by atoms with E-state index in [1.54, 1.807) is 12.1 Å². The highest BCUT2D eigenvalue weighted by Crippen LogP contribution is 2.12. The maximum Gasteiger partial charge on any atom is 0.297 e. The zero-order chi connectivity index (χ0) is 13.9. The van der Waals surface area contributed by atoms with E-state index in [0.29, 0.717) is 11.2 Å². The van der Waals surface area contributed by atoms with Gasteiger partial charge >= 0.3 is 0 Å². The Labute approximate surface area is 114 Å². The molecule has 2 aromatic rings. The lowest BCUT2D eigenvalue weighted by Gasteiger charge is -2.03. The smallest absolute Gasteiger partial charge is 0.297 e. The number of benzene rings is 2. The molecule has 0 atom stereocenters. The Balaban J connectivity index is 2.52. The van der Waals surface area contributed by atoms with Crippen LogP contribution >= 0.6 is 0 Å². The van der Waals surface area contributed by atoms with E-state index in [2.05, 4.69) is 0 Å². The molecule has 0 radical (unpaired) electrons. The van der Waals surface area contributed by atoms with E-state index in [-0.39, 0.29) is 5.57 Å². The first kappa shape index (κ1) is 11.8. The zero-order valence-corrected chi connectivity index (χ0v) is 10.3. The molecule has 0 saturated carbocycles. The first-order chi connectivity index (χ1) is 9.85. The van der Waals surface area contributed by atoms with Crippen molar-refractivity contribution in [3.05, 3.63) is 59.4 Å². The minimum atomic E-state index is 0.0872. The molecule has 0 saturated heterocycles. The van der Waals surface area contributed by atoms with Crippen LogP contribution in [0.1, 0.15) is 0 Å². The molecule has 0 N–H and O–H groups in total. The summed E-state index contributed by atoms with van der Waals surface area (Å²) < 4.78 is 10.6. The van der Waals surface area contributed by atoms with Gasteiger partial charge in [0.2, 0.25) is 0 Å². The third-order valence-corrected chi connectivity index (χ3v) is 3.04. The van der Waals surface area contributed by atoms with E-state index < -0.39 is 0 Å². The van der Waals surface area contributed by atoms with E-state index in [1.165, 1.54) is 12.5 Å². The molecule has 94 valence electrons. The average Bonchev–Trinajstić information content (AvgIpc) is 3.02. The predicted molar refractivity (Wildman–Crippen MR) is 72.6 cm³/mol. The third kappa shape index (κ3) is 1.77. The van der Waals surface area contributed by atoms with Crippen LogP contribution in [0.25, 0.3) is 22.3 Å². The van der Waals surface area contributed by atoms with Gasteiger partial charge in [-0.25, -0.2) is 0 Å². The monoisotopic (exact) mass is 260 g/mol. The largest absolute Gasteiger partial charge is 0.430 e. The van der Waals surface area contributed by atoms with Crippen LogP contribution in [-0.2, 0) is 9.47 Å². The van der Waals surface area contributed by atoms with Crippen LogP contribution in [0.2, 0.25) is 0 Å². The highest BCUT2D eigenvalue weighted by molar-refractivity contribution is 5.89. The SMILES string of the molecule is N#CC(C#N)=c1ccc(=C2OC=CO2)c2ccccc12. The molecule has 0 aromatic heterocycles. The van der Waals surface area contributed by atoms with Crippen LogP contribution in [0.15, 0.2) is 48.9 Å². The lowest BCUT2D eigenvalue weighted by molar-refractivity contribution is 0.303. The fraction of sp³-hybridized carbons (Fsp3) is 0. The third-order valence-electron chi connectivity index (χ3n) is 3.04. The molecule has 20 heavy (non-hydrogen) atoms. The summed E-state index contributed by atoms with van der Waals surface area (Å²) in [5, 5.41) is 21.2. The van der Waals surface area contributed by atoms with Gasteiger partial charge in [0, 0.05) is 5.22 Å². The van der Waals surface area contributed by atoms with Crippen molar-refractivity contribution in [2.24, 2.45) is 0 Å². The van der Waals surface area contributed by atoms with Gasteiger partial charge in [-0.1, -0.05) is 30.3 Å². The molecule has 0 fully saturated rings. The second-order valence-corrected chi connectivity index (χ2v) is 4.10. The molecule has 4 heteroatoms.